The first-order valence-corrected chi connectivity index (χ1v) is 10.1. The van der Waals surface area contributed by atoms with E-state index in [0.717, 1.165) is 16.3 Å². The van der Waals surface area contributed by atoms with E-state index in [1.165, 1.54) is 41.1 Å². The van der Waals surface area contributed by atoms with Crippen molar-refractivity contribution in [2.24, 2.45) is 0 Å². The minimum atomic E-state index is -0.138. The maximum absolute atomic E-state index is 12.4. The van der Waals surface area contributed by atoms with Crippen LogP contribution in [0.2, 0.25) is 0 Å². The molecule has 0 radical (unpaired) electrons. The standard InChI is InChI=1S/C17H16N4OS3/c1-10-2-4-11(5-3-10)13-9-24-17(23)21(13)8-14(22)18-16-20-19-15(25-16)12-6-7-12/h2-5,9,12H,6-8H2,1H3,(H,18,20,22). The van der Waals surface area contributed by atoms with Crippen LogP contribution in [0.4, 0.5) is 5.13 Å². The predicted molar refractivity (Wildman–Crippen MR) is 104 cm³/mol. The summed E-state index contributed by atoms with van der Waals surface area (Å²) in [4.78, 5) is 12.4. The molecule has 3 aromatic rings. The molecule has 1 aliphatic rings. The molecule has 1 saturated carbocycles. The van der Waals surface area contributed by atoms with Crippen molar-refractivity contribution in [2.45, 2.75) is 32.2 Å². The second-order valence-electron chi connectivity index (χ2n) is 6.11. The van der Waals surface area contributed by atoms with E-state index in [4.69, 9.17) is 12.2 Å². The normalized spacial score (nSPS) is 13.8. The summed E-state index contributed by atoms with van der Waals surface area (Å²) in [5, 5.41) is 14.6. The zero-order chi connectivity index (χ0) is 17.4. The summed E-state index contributed by atoms with van der Waals surface area (Å²) in [6, 6.07) is 8.21. The van der Waals surface area contributed by atoms with Gasteiger partial charge in [-0.3, -0.25) is 10.1 Å². The molecule has 4 rings (SSSR count). The topological polar surface area (TPSA) is 59.8 Å². The van der Waals surface area contributed by atoms with E-state index < -0.39 is 0 Å². The molecule has 0 bridgehead atoms. The molecule has 128 valence electrons. The molecule has 8 heteroatoms. The summed E-state index contributed by atoms with van der Waals surface area (Å²) < 4.78 is 2.55. The Morgan fingerprint density at radius 1 is 1.32 bits per heavy atom. The number of anilines is 1. The van der Waals surface area contributed by atoms with Gasteiger partial charge in [-0.25, -0.2) is 0 Å². The summed E-state index contributed by atoms with van der Waals surface area (Å²) >= 11 is 8.34. The van der Waals surface area contributed by atoms with Gasteiger partial charge in [0.15, 0.2) is 3.95 Å². The minimum Gasteiger partial charge on any atom is -0.313 e. The third kappa shape index (κ3) is 3.70. The van der Waals surface area contributed by atoms with Crippen molar-refractivity contribution in [1.82, 2.24) is 14.8 Å². The number of carbonyl (C=O) groups is 1. The Morgan fingerprint density at radius 3 is 2.80 bits per heavy atom. The molecular formula is C17H16N4OS3. The average Bonchev–Trinajstić information content (AvgIpc) is 3.25. The largest absolute Gasteiger partial charge is 0.313 e. The highest BCUT2D eigenvalue weighted by atomic mass is 32.1. The van der Waals surface area contributed by atoms with Gasteiger partial charge in [0, 0.05) is 11.3 Å². The Hall–Kier alpha value is -1.90. The van der Waals surface area contributed by atoms with Crippen LogP contribution < -0.4 is 5.32 Å². The number of aromatic nitrogens is 3. The number of hydrogen-bond donors (Lipinski definition) is 1. The fraction of sp³-hybridized carbons (Fsp3) is 0.294. The lowest BCUT2D eigenvalue weighted by Crippen LogP contribution is -2.19. The number of thiazole rings is 1. The Balaban J connectivity index is 1.51. The summed E-state index contributed by atoms with van der Waals surface area (Å²) in [5.74, 6) is 0.406. The maximum atomic E-state index is 12.4. The van der Waals surface area contributed by atoms with Crippen molar-refractivity contribution < 1.29 is 4.79 Å². The van der Waals surface area contributed by atoms with Gasteiger partial charge >= 0.3 is 0 Å². The van der Waals surface area contributed by atoms with E-state index in [0.29, 0.717) is 15.0 Å². The van der Waals surface area contributed by atoms with Crippen LogP contribution in [0.3, 0.4) is 0 Å². The monoisotopic (exact) mass is 388 g/mol. The first kappa shape index (κ1) is 16.6. The lowest BCUT2D eigenvalue weighted by atomic mass is 10.1. The van der Waals surface area contributed by atoms with Crippen LogP contribution in [0.25, 0.3) is 11.3 Å². The SMILES string of the molecule is Cc1ccc(-c2csc(=S)n2CC(=O)Nc2nnc(C3CC3)s2)cc1. The molecule has 2 aromatic heterocycles. The lowest BCUT2D eigenvalue weighted by molar-refractivity contribution is -0.116. The van der Waals surface area contributed by atoms with Crippen LogP contribution in [0, 0.1) is 10.9 Å². The van der Waals surface area contributed by atoms with Gasteiger partial charge in [0.2, 0.25) is 11.0 Å². The predicted octanol–water partition coefficient (Wildman–Crippen LogP) is 4.62. The van der Waals surface area contributed by atoms with E-state index in [1.54, 1.807) is 0 Å². The molecule has 0 spiro atoms. The molecule has 1 aliphatic carbocycles. The molecular weight excluding hydrogens is 372 g/mol. The highest BCUT2D eigenvalue weighted by molar-refractivity contribution is 7.73. The molecule has 0 saturated heterocycles. The third-order valence-electron chi connectivity index (χ3n) is 4.05. The van der Waals surface area contributed by atoms with Crippen molar-refractivity contribution in [2.75, 3.05) is 5.32 Å². The van der Waals surface area contributed by atoms with Gasteiger partial charge in [-0.05, 0) is 37.5 Å². The lowest BCUT2D eigenvalue weighted by Gasteiger charge is -2.08. The molecule has 0 unspecified atom stereocenters. The number of rotatable bonds is 5. The van der Waals surface area contributed by atoms with Crippen LogP contribution in [0.1, 0.15) is 29.3 Å². The molecule has 1 fully saturated rings. The molecule has 25 heavy (non-hydrogen) atoms. The first-order chi connectivity index (χ1) is 12.1. The van der Waals surface area contributed by atoms with Crippen LogP contribution in [-0.2, 0) is 11.3 Å². The summed E-state index contributed by atoms with van der Waals surface area (Å²) in [6.45, 7) is 2.22. The Bertz CT molecular complexity index is 966. The molecule has 1 amide bonds. The van der Waals surface area contributed by atoms with E-state index in [-0.39, 0.29) is 12.5 Å². The average molecular weight is 389 g/mol. The summed E-state index contributed by atoms with van der Waals surface area (Å²) in [6.07, 6.45) is 2.35. The van der Waals surface area contributed by atoms with Gasteiger partial charge in [0.25, 0.3) is 0 Å². The highest BCUT2D eigenvalue weighted by Gasteiger charge is 2.27. The van der Waals surface area contributed by atoms with Crippen LogP contribution >= 0.6 is 34.9 Å². The molecule has 0 atom stereocenters. The fourth-order valence-electron chi connectivity index (χ4n) is 2.51. The van der Waals surface area contributed by atoms with Crippen molar-refractivity contribution >= 4 is 45.9 Å². The van der Waals surface area contributed by atoms with Gasteiger partial charge in [0.05, 0.1) is 5.69 Å². The molecule has 0 aliphatic heterocycles. The number of nitrogens with one attached hydrogen (secondary N) is 1. The van der Waals surface area contributed by atoms with E-state index in [9.17, 15) is 4.79 Å². The zero-order valence-corrected chi connectivity index (χ0v) is 16.0. The van der Waals surface area contributed by atoms with Gasteiger partial charge in [-0.2, -0.15) is 0 Å². The highest BCUT2D eigenvalue weighted by Crippen LogP contribution is 2.42. The number of aryl methyl sites for hydroxylation is 1. The number of carbonyl (C=O) groups excluding carboxylic acids is 1. The zero-order valence-electron chi connectivity index (χ0n) is 13.6. The van der Waals surface area contributed by atoms with Crippen molar-refractivity contribution in [3.63, 3.8) is 0 Å². The number of nitrogens with zero attached hydrogens (tertiary/aromatic N) is 3. The van der Waals surface area contributed by atoms with Gasteiger partial charge in [-0.15, -0.1) is 21.5 Å². The number of hydrogen-bond acceptors (Lipinski definition) is 6. The Kier molecular flexibility index (Phi) is 4.49. The number of benzene rings is 1. The summed E-state index contributed by atoms with van der Waals surface area (Å²) in [7, 11) is 0. The molecule has 1 aromatic carbocycles. The van der Waals surface area contributed by atoms with E-state index >= 15 is 0 Å². The summed E-state index contributed by atoms with van der Waals surface area (Å²) in [5.41, 5.74) is 3.21. The Labute approximate surface area is 158 Å². The molecule has 5 nitrogen and oxygen atoms in total. The maximum Gasteiger partial charge on any atom is 0.246 e. The smallest absolute Gasteiger partial charge is 0.246 e. The van der Waals surface area contributed by atoms with Crippen LogP contribution in [-0.4, -0.2) is 20.7 Å². The van der Waals surface area contributed by atoms with Crippen molar-refractivity contribution in [1.29, 1.82) is 0 Å². The second-order valence-corrected chi connectivity index (χ2v) is 8.62. The van der Waals surface area contributed by atoms with E-state index in [1.807, 2.05) is 22.1 Å². The Morgan fingerprint density at radius 2 is 2.08 bits per heavy atom. The van der Waals surface area contributed by atoms with Crippen LogP contribution in [0.15, 0.2) is 29.6 Å². The van der Waals surface area contributed by atoms with Gasteiger partial charge in [-0.1, -0.05) is 41.2 Å². The van der Waals surface area contributed by atoms with Gasteiger partial charge < -0.3 is 4.57 Å². The van der Waals surface area contributed by atoms with Crippen molar-refractivity contribution in [3.05, 3.63) is 44.2 Å². The quantitative estimate of drug-likeness (QED) is 0.648. The van der Waals surface area contributed by atoms with Crippen molar-refractivity contribution in [3.8, 4) is 11.3 Å². The minimum absolute atomic E-state index is 0.138. The third-order valence-corrected chi connectivity index (χ3v) is 6.32. The second kappa shape index (κ2) is 6.78. The first-order valence-electron chi connectivity index (χ1n) is 7.99. The van der Waals surface area contributed by atoms with E-state index in [2.05, 4.69) is 34.6 Å². The van der Waals surface area contributed by atoms with Crippen LogP contribution in [0.5, 0.6) is 0 Å². The molecule has 2 heterocycles. The number of amides is 1. The fourth-order valence-corrected chi connectivity index (χ4v) is 4.51. The molecule has 1 N–H and O–H groups in total. The van der Waals surface area contributed by atoms with Gasteiger partial charge in [0.1, 0.15) is 11.6 Å².